The summed E-state index contributed by atoms with van der Waals surface area (Å²) in [5, 5.41) is 12.6. The van der Waals surface area contributed by atoms with Crippen LogP contribution in [0.15, 0.2) is 0 Å². The Morgan fingerprint density at radius 3 is 3.18 bits per heavy atom. The van der Waals surface area contributed by atoms with Crippen molar-refractivity contribution in [2.75, 3.05) is 33.3 Å². The van der Waals surface area contributed by atoms with E-state index < -0.39 is 0 Å². The lowest BCUT2D eigenvalue weighted by Gasteiger charge is -2.46. The highest BCUT2D eigenvalue weighted by Gasteiger charge is 2.41. The summed E-state index contributed by atoms with van der Waals surface area (Å²) in [6.45, 7) is 2.42. The van der Waals surface area contributed by atoms with Crippen LogP contribution >= 0.6 is 0 Å². The van der Waals surface area contributed by atoms with Crippen LogP contribution < -0.4 is 5.32 Å². The standard InChI is InChI=1S/C12H22N2O3/c1-13-8-11(16)14-5-2-4-12(9-14)7-10(15)3-6-17-12/h10,13,15H,2-9H2,1H3/t10-,12+/m0/s1. The summed E-state index contributed by atoms with van der Waals surface area (Å²) in [4.78, 5) is 13.7. The van der Waals surface area contributed by atoms with Crippen LogP contribution in [0.25, 0.3) is 0 Å². The Kier molecular flexibility index (Phi) is 4.01. The van der Waals surface area contributed by atoms with Gasteiger partial charge in [0.2, 0.25) is 5.91 Å². The lowest BCUT2D eigenvalue weighted by Crippen LogP contribution is -2.56. The van der Waals surface area contributed by atoms with Gasteiger partial charge in [0.15, 0.2) is 0 Å². The van der Waals surface area contributed by atoms with Gasteiger partial charge in [0.05, 0.1) is 18.2 Å². The van der Waals surface area contributed by atoms with Crippen LogP contribution in [0.4, 0.5) is 0 Å². The molecule has 5 heteroatoms. The highest BCUT2D eigenvalue weighted by Crippen LogP contribution is 2.33. The third-order valence-corrected chi connectivity index (χ3v) is 3.69. The summed E-state index contributed by atoms with van der Waals surface area (Å²) >= 11 is 0. The minimum atomic E-state index is -0.292. The van der Waals surface area contributed by atoms with Crippen LogP contribution in [-0.2, 0) is 9.53 Å². The Bertz CT molecular complexity index is 281. The van der Waals surface area contributed by atoms with Gasteiger partial charge in [-0.15, -0.1) is 0 Å². The van der Waals surface area contributed by atoms with Crippen LogP contribution in [0.5, 0.6) is 0 Å². The molecule has 1 spiro atoms. The first-order valence-corrected chi connectivity index (χ1v) is 6.40. The first-order chi connectivity index (χ1) is 8.15. The fraction of sp³-hybridized carbons (Fsp3) is 0.917. The maximum atomic E-state index is 11.9. The van der Waals surface area contributed by atoms with Crippen molar-refractivity contribution in [2.45, 2.75) is 37.4 Å². The van der Waals surface area contributed by atoms with Gasteiger partial charge in [0.1, 0.15) is 0 Å². The van der Waals surface area contributed by atoms with E-state index in [2.05, 4.69) is 5.32 Å². The molecule has 0 aromatic rings. The molecule has 0 radical (unpaired) electrons. The molecule has 17 heavy (non-hydrogen) atoms. The maximum Gasteiger partial charge on any atom is 0.236 e. The molecule has 2 heterocycles. The lowest BCUT2D eigenvalue weighted by molar-refractivity contribution is -0.160. The number of hydrogen-bond acceptors (Lipinski definition) is 4. The van der Waals surface area contributed by atoms with Crippen LogP contribution in [0.3, 0.4) is 0 Å². The third kappa shape index (κ3) is 2.97. The minimum absolute atomic E-state index is 0.121. The summed E-state index contributed by atoms with van der Waals surface area (Å²) in [7, 11) is 1.78. The number of ether oxygens (including phenoxy) is 1. The summed E-state index contributed by atoms with van der Waals surface area (Å²) in [6, 6.07) is 0. The Labute approximate surface area is 102 Å². The molecular weight excluding hydrogens is 220 g/mol. The van der Waals surface area contributed by atoms with E-state index in [9.17, 15) is 9.90 Å². The number of aliphatic hydroxyl groups is 1. The molecule has 0 bridgehead atoms. The first kappa shape index (κ1) is 12.8. The third-order valence-electron chi connectivity index (χ3n) is 3.69. The van der Waals surface area contributed by atoms with Crippen molar-refractivity contribution >= 4 is 5.91 Å². The molecule has 2 aliphatic heterocycles. The lowest BCUT2D eigenvalue weighted by atomic mass is 9.84. The maximum absolute atomic E-state index is 11.9. The molecule has 5 nitrogen and oxygen atoms in total. The van der Waals surface area contributed by atoms with Crippen LogP contribution in [0.1, 0.15) is 25.7 Å². The normalized spacial score (nSPS) is 34.0. The van der Waals surface area contributed by atoms with Gasteiger partial charge < -0.3 is 20.1 Å². The number of likely N-dealkylation sites (N-methyl/N-ethyl adjacent to an activating group) is 1. The number of hydrogen-bond donors (Lipinski definition) is 2. The van der Waals surface area contributed by atoms with E-state index in [0.717, 1.165) is 19.4 Å². The predicted octanol–water partition coefficient (Wildman–Crippen LogP) is -0.262. The highest BCUT2D eigenvalue weighted by atomic mass is 16.5. The summed E-state index contributed by atoms with van der Waals surface area (Å²) in [5.74, 6) is 0.121. The average molecular weight is 242 g/mol. The second-order valence-corrected chi connectivity index (χ2v) is 5.13. The van der Waals surface area contributed by atoms with Crippen molar-refractivity contribution in [2.24, 2.45) is 0 Å². The Balaban J connectivity index is 1.98. The monoisotopic (exact) mass is 242 g/mol. The van der Waals surface area contributed by atoms with E-state index in [0.29, 0.717) is 32.5 Å². The van der Waals surface area contributed by atoms with Gasteiger partial charge in [-0.25, -0.2) is 0 Å². The molecular formula is C12H22N2O3. The van der Waals surface area contributed by atoms with Crippen molar-refractivity contribution in [1.82, 2.24) is 10.2 Å². The number of rotatable bonds is 2. The van der Waals surface area contributed by atoms with E-state index in [1.165, 1.54) is 0 Å². The molecule has 0 aromatic heterocycles. The van der Waals surface area contributed by atoms with Gasteiger partial charge >= 0.3 is 0 Å². The topological polar surface area (TPSA) is 61.8 Å². The Morgan fingerprint density at radius 1 is 1.65 bits per heavy atom. The van der Waals surface area contributed by atoms with E-state index in [1.807, 2.05) is 4.90 Å². The smallest absolute Gasteiger partial charge is 0.236 e. The summed E-state index contributed by atoms with van der Waals surface area (Å²) < 4.78 is 5.86. The molecule has 2 fully saturated rings. The van der Waals surface area contributed by atoms with Gasteiger partial charge in [0, 0.05) is 26.1 Å². The second-order valence-electron chi connectivity index (χ2n) is 5.13. The van der Waals surface area contributed by atoms with Crippen LogP contribution in [0, 0.1) is 0 Å². The van der Waals surface area contributed by atoms with Gasteiger partial charge in [-0.05, 0) is 26.3 Å². The van der Waals surface area contributed by atoms with Gasteiger partial charge in [0.25, 0.3) is 0 Å². The average Bonchev–Trinajstić information content (AvgIpc) is 2.29. The molecule has 0 saturated carbocycles. The van der Waals surface area contributed by atoms with Crippen LogP contribution in [0.2, 0.25) is 0 Å². The van der Waals surface area contributed by atoms with Crippen molar-refractivity contribution in [3.8, 4) is 0 Å². The van der Waals surface area contributed by atoms with E-state index in [1.54, 1.807) is 7.05 Å². The number of nitrogens with zero attached hydrogens (tertiary/aromatic N) is 1. The quantitative estimate of drug-likeness (QED) is 0.700. The molecule has 0 aromatic carbocycles. The zero-order valence-electron chi connectivity index (χ0n) is 10.4. The predicted molar refractivity (Wildman–Crippen MR) is 63.7 cm³/mol. The molecule has 2 atom stereocenters. The van der Waals surface area contributed by atoms with Crippen molar-refractivity contribution in [3.63, 3.8) is 0 Å². The molecule has 2 aliphatic rings. The number of piperidine rings is 1. The number of amides is 1. The van der Waals surface area contributed by atoms with Gasteiger partial charge in [-0.2, -0.15) is 0 Å². The highest BCUT2D eigenvalue weighted by molar-refractivity contribution is 5.78. The molecule has 98 valence electrons. The zero-order valence-corrected chi connectivity index (χ0v) is 10.4. The largest absolute Gasteiger partial charge is 0.393 e. The summed E-state index contributed by atoms with van der Waals surface area (Å²) in [5.41, 5.74) is -0.292. The first-order valence-electron chi connectivity index (χ1n) is 6.40. The minimum Gasteiger partial charge on any atom is -0.393 e. The van der Waals surface area contributed by atoms with Crippen molar-refractivity contribution in [1.29, 1.82) is 0 Å². The Morgan fingerprint density at radius 2 is 2.47 bits per heavy atom. The van der Waals surface area contributed by atoms with Crippen molar-refractivity contribution in [3.05, 3.63) is 0 Å². The number of nitrogens with one attached hydrogen (secondary N) is 1. The van der Waals surface area contributed by atoms with E-state index >= 15 is 0 Å². The van der Waals surface area contributed by atoms with E-state index in [-0.39, 0.29) is 17.6 Å². The SMILES string of the molecule is CNCC(=O)N1CCC[C@@]2(C[C@@H](O)CCO2)C1. The van der Waals surface area contributed by atoms with E-state index in [4.69, 9.17) is 4.74 Å². The number of aliphatic hydroxyl groups excluding tert-OH is 1. The Hall–Kier alpha value is -0.650. The van der Waals surface area contributed by atoms with Gasteiger partial charge in [-0.1, -0.05) is 0 Å². The fourth-order valence-electron chi connectivity index (χ4n) is 2.86. The molecule has 1 amide bonds. The van der Waals surface area contributed by atoms with Crippen molar-refractivity contribution < 1.29 is 14.6 Å². The molecule has 2 saturated heterocycles. The molecule has 2 N–H and O–H groups in total. The number of likely N-dealkylation sites (tertiary alicyclic amines) is 1. The zero-order chi connectivity index (χ0) is 12.3. The van der Waals surface area contributed by atoms with Gasteiger partial charge in [-0.3, -0.25) is 4.79 Å². The molecule has 0 aliphatic carbocycles. The molecule has 0 unspecified atom stereocenters. The number of carbonyl (C=O) groups excluding carboxylic acids is 1. The van der Waals surface area contributed by atoms with Crippen LogP contribution in [-0.4, -0.2) is 60.9 Å². The second kappa shape index (κ2) is 5.33. The number of carbonyl (C=O) groups is 1. The summed E-state index contributed by atoms with van der Waals surface area (Å²) in [6.07, 6.45) is 3.01. The fourth-order valence-corrected chi connectivity index (χ4v) is 2.86. The molecule has 2 rings (SSSR count).